The number of hydrogen-bond acceptors (Lipinski definition) is 3. The monoisotopic (exact) mass is 345 g/mol. The normalized spacial score (nSPS) is 14.8. The fourth-order valence-electron chi connectivity index (χ4n) is 2.16. The highest BCUT2D eigenvalue weighted by Gasteiger charge is 2.38. The molecule has 2 N–H and O–H groups in total. The highest BCUT2D eigenvalue weighted by Crippen LogP contribution is 2.31. The minimum atomic E-state index is -1.23. The van der Waals surface area contributed by atoms with Crippen LogP contribution in [0.25, 0.3) is 0 Å². The van der Waals surface area contributed by atoms with E-state index in [1.54, 1.807) is 42.5 Å². The average molecular weight is 346 g/mol. The molecule has 1 aromatic carbocycles. The zero-order valence-electron chi connectivity index (χ0n) is 11.7. The van der Waals surface area contributed by atoms with Crippen LogP contribution in [0.2, 0.25) is 5.02 Å². The van der Waals surface area contributed by atoms with Crippen LogP contribution in [0.4, 0.5) is 0 Å². The van der Waals surface area contributed by atoms with Gasteiger partial charge in [0.1, 0.15) is 5.54 Å². The van der Waals surface area contributed by atoms with Crippen LogP contribution < -0.4 is 5.32 Å². The number of rotatable bonds is 5. The van der Waals surface area contributed by atoms with Crippen LogP contribution in [-0.4, -0.2) is 11.1 Å². The predicted octanol–water partition coefficient (Wildman–Crippen LogP) is 4.47. The van der Waals surface area contributed by atoms with E-state index in [0.29, 0.717) is 10.6 Å². The molecule has 0 saturated heterocycles. The lowest BCUT2D eigenvalue weighted by Gasteiger charge is -2.31. The molecule has 0 radical (unpaired) electrons. The lowest BCUT2D eigenvalue weighted by Crippen LogP contribution is -2.47. The lowest BCUT2D eigenvalue weighted by atomic mass is 9.91. The first kappa shape index (κ1) is 18.0. The Morgan fingerprint density at radius 1 is 1.33 bits per heavy atom. The van der Waals surface area contributed by atoms with Crippen molar-refractivity contribution in [1.29, 1.82) is 0 Å². The van der Waals surface area contributed by atoms with Crippen molar-refractivity contribution in [2.75, 3.05) is 0 Å². The summed E-state index contributed by atoms with van der Waals surface area (Å²) in [5, 5.41) is 15.2. The van der Waals surface area contributed by atoms with Crippen LogP contribution in [-0.2, 0) is 10.3 Å². The van der Waals surface area contributed by atoms with Crippen molar-refractivity contribution >= 4 is 41.3 Å². The highest BCUT2D eigenvalue weighted by molar-refractivity contribution is 7.10. The molecule has 2 aromatic rings. The molecular weight excluding hydrogens is 329 g/mol. The molecule has 0 spiro atoms. The van der Waals surface area contributed by atoms with E-state index in [1.165, 1.54) is 0 Å². The van der Waals surface area contributed by atoms with Gasteiger partial charge >= 0.3 is 5.97 Å². The quantitative estimate of drug-likeness (QED) is 0.840. The van der Waals surface area contributed by atoms with Crippen molar-refractivity contribution in [2.45, 2.75) is 25.4 Å². The molecule has 0 aliphatic rings. The smallest absolute Gasteiger partial charge is 0.328 e. The maximum Gasteiger partial charge on any atom is 0.328 e. The van der Waals surface area contributed by atoms with E-state index in [2.05, 4.69) is 5.32 Å². The Bertz CT molecular complexity index is 603. The Balaban J connectivity index is 0.00000220. The first-order valence-electron chi connectivity index (χ1n) is 6.24. The number of benzene rings is 1. The topological polar surface area (TPSA) is 49.3 Å². The number of aliphatic carboxylic acids is 1. The van der Waals surface area contributed by atoms with Crippen molar-refractivity contribution in [2.24, 2.45) is 0 Å². The Morgan fingerprint density at radius 3 is 2.52 bits per heavy atom. The van der Waals surface area contributed by atoms with Gasteiger partial charge in [-0.15, -0.1) is 23.7 Å². The Labute approximate surface area is 139 Å². The number of carboxylic acid groups (broad SMARTS) is 1. The number of halogens is 2. The second-order valence-corrected chi connectivity index (χ2v) is 6.18. The van der Waals surface area contributed by atoms with Gasteiger partial charge in [-0.25, -0.2) is 4.79 Å². The van der Waals surface area contributed by atoms with Crippen LogP contribution in [0.5, 0.6) is 0 Å². The van der Waals surface area contributed by atoms with Gasteiger partial charge in [-0.2, -0.15) is 0 Å². The molecule has 3 nitrogen and oxygen atoms in total. The second kappa shape index (κ2) is 7.27. The maximum absolute atomic E-state index is 11.8. The van der Waals surface area contributed by atoms with Crippen LogP contribution in [0.15, 0.2) is 41.8 Å². The fraction of sp³-hybridized carbons (Fsp3) is 0.267. The Morgan fingerprint density at radius 2 is 2.00 bits per heavy atom. The van der Waals surface area contributed by atoms with E-state index < -0.39 is 11.5 Å². The van der Waals surface area contributed by atoms with Crippen molar-refractivity contribution in [3.63, 3.8) is 0 Å². The van der Waals surface area contributed by atoms with Crippen molar-refractivity contribution < 1.29 is 9.90 Å². The van der Waals surface area contributed by atoms with Gasteiger partial charge in [0.05, 0.1) is 0 Å². The van der Waals surface area contributed by atoms with Gasteiger partial charge in [-0.3, -0.25) is 5.32 Å². The van der Waals surface area contributed by atoms with Gasteiger partial charge in [0, 0.05) is 21.5 Å². The van der Waals surface area contributed by atoms with E-state index in [0.717, 1.165) is 4.88 Å². The zero-order valence-corrected chi connectivity index (χ0v) is 14.1. The molecule has 0 amide bonds. The van der Waals surface area contributed by atoms with Crippen LogP contribution in [0.1, 0.15) is 30.3 Å². The van der Waals surface area contributed by atoms with Crippen molar-refractivity contribution in [1.82, 2.24) is 5.32 Å². The van der Waals surface area contributed by atoms with Crippen molar-refractivity contribution in [3.05, 3.63) is 57.2 Å². The third-order valence-corrected chi connectivity index (χ3v) is 4.70. The molecule has 1 heterocycles. The van der Waals surface area contributed by atoms with Gasteiger partial charge in [-0.1, -0.05) is 35.9 Å². The molecule has 1 aromatic heterocycles. The van der Waals surface area contributed by atoms with Gasteiger partial charge < -0.3 is 5.11 Å². The first-order chi connectivity index (χ1) is 9.45. The molecule has 0 aliphatic heterocycles. The number of nitrogens with one attached hydrogen (secondary N) is 1. The van der Waals surface area contributed by atoms with E-state index in [4.69, 9.17) is 11.6 Å². The fourth-order valence-corrected chi connectivity index (χ4v) is 3.22. The predicted molar refractivity (Wildman–Crippen MR) is 89.6 cm³/mol. The first-order valence-corrected chi connectivity index (χ1v) is 7.50. The molecule has 0 aliphatic carbocycles. The molecule has 0 saturated carbocycles. The molecule has 0 bridgehead atoms. The minimum absolute atomic E-state index is 0. The zero-order chi connectivity index (χ0) is 14.8. The lowest BCUT2D eigenvalue weighted by molar-refractivity contribution is -0.145. The molecule has 2 atom stereocenters. The Kier molecular flexibility index (Phi) is 6.23. The molecule has 2 rings (SSSR count). The van der Waals surface area contributed by atoms with Gasteiger partial charge in [0.25, 0.3) is 0 Å². The van der Waals surface area contributed by atoms with Gasteiger partial charge in [0.15, 0.2) is 0 Å². The SMILES string of the molecule is CC(NC(C)(C(=O)O)c1ccccc1Cl)c1cccs1.Cl. The van der Waals surface area contributed by atoms with Crippen molar-refractivity contribution in [3.8, 4) is 0 Å². The summed E-state index contributed by atoms with van der Waals surface area (Å²) in [4.78, 5) is 12.8. The summed E-state index contributed by atoms with van der Waals surface area (Å²) in [6.07, 6.45) is 0. The summed E-state index contributed by atoms with van der Waals surface area (Å²) in [5.74, 6) is -0.950. The summed E-state index contributed by atoms with van der Waals surface area (Å²) < 4.78 is 0. The molecule has 0 fully saturated rings. The number of carboxylic acids is 1. The Hall–Kier alpha value is -1.07. The molecule has 114 valence electrons. The minimum Gasteiger partial charge on any atom is -0.480 e. The van der Waals surface area contributed by atoms with Gasteiger partial charge in [0.2, 0.25) is 0 Å². The molecule has 6 heteroatoms. The number of hydrogen-bond donors (Lipinski definition) is 2. The van der Waals surface area contributed by atoms with Gasteiger partial charge in [-0.05, 0) is 31.4 Å². The maximum atomic E-state index is 11.8. The summed E-state index contributed by atoms with van der Waals surface area (Å²) in [5.41, 5.74) is -0.667. The molecule has 2 unspecified atom stereocenters. The van der Waals surface area contributed by atoms with E-state index in [-0.39, 0.29) is 18.4 Å². The number of thiophene rings is 1. The summed E-state index contributed by atoms with van der Waals surface area (Å²) >= 11 is 7.75. The summed E-state index contributed by atoms with van der Waals surface area (Å²) in [7, 11) is 0. The van der Waals surface area contributed by atoms with E-state index in [1.807, 2.05) is 24.4 Å². The summed E-state index contributed by atoms with van der Waals surface area (Å²) in [6.45, 7) is 3.59. The van der Waals surface area contributed by atoms with Crippen LogP contribution in [0, 0.1) is 0 Å². The molecular formula is C15H17Cl2NO2S. The van der Waals surface area contributed by atoms with Crippen LogP contribution >= 0.6 is 35.3 Å². The van der Waals surface area contributed by atoms with Crippen LogP contribution in [0.3, 0.4) is 0 Å². The summed E-state index contributed by atoms with van der Waals surface area (Å²) in [6, 6.07) is 10.9. The molecule has 21 heavy (non-hydrogen) atoms. The third-order valence-electron chi connectivity index (χ3n) is 3.32. The third kappa shape index (κ3) is 3.77. The highest BCUT2D eigenvalue weighted by atomic mass is 35.5. The largest absolute Gasteiger partial charge is 0.480 e. The average Bonchev–Trinajstić information content (AvgIpc) is 2.92. The van der Waals surface area contributed by atoms with E-state index in [9.17, 15) is 9.90 Å². The standard InChI is InChI=1S/C15H16ClNO2S.ClH/c1-10(13-8-5-9-20-13)17-15(2,14(18)19)11-6-3-4-7-12(11)16;/h3-10,17H,1-2H3,(H,18,19);1H. The number of carbonyl (C=O) groups is 1. The second-order valence-electron chi connectivity index (χ2n) is 4.79. The van der Waals surface area contributed by atoms with E-state index >= 15 is 0 Å².